The highest BCUT2D eigenvalue weighted by Gasteiger charge is 2.51. The summed E-state index contributed by atoms with van der Waals surface area (Å²) in [5.41, 5.74) is 8.57. The fraction of sp³-hybridized carbons (Fsp3) is 0.354. The van der Waals surface area contributed by atoms with Crippen molar-refractivity contribution in [1.29, 1.82) is 0 Å². The number of aromatic amines is 3. The Balaban J connectivity index is 1.37. The van der Waals surface area contributed by atoms with Gasteiger partial charge in [-0.3, -0.25) is 38.3 Å². The monoisotopic (exact) mass is 918 g/mol. The molecule has 8 bridgehead atoms. The second kappa shape index (κ2) is 19.8. The summed E-state index contributed by atoms with van der Waals surface area (Å²) in [6, 6.07) is 9.57. The second-order valence-electron chi connectivity index (χ2n) is 16.2. The van der Waals surface area contributed by atoms with E-state index in [1.54, 1.807) is 6.08 Å². The van der Waals surface area contributed by atoms with Crippen molar-refractivity contribution in [2.45, 2.75) is 91.8 Å². The number of nitrogens with one attached hydrogen (secondary N) is 3. The molecule has 3 aliphatic rings. The molecule has 0 aliphatic carbocycles. The SMILES string of the molecule is COC(=O)CCC1=Cc2cc3cc(C)c(cc4nc(cc5[nH]c(cc1n2)c(CCC(=O)OC)c5C)C(C)=C4/C=C/c1cn([C@@H]2O[C@H](COC(C)=O)C(OC(C)=O)C2OC(C)=O)c(=O)[nH]c1=O)[nH]3. The summed E-state index contributed by atoms with van der Waals surface area (Å²) in [5.74, 6) is -2.88. The summed E-state index contributed by atoms with van der Waals surface area (Å²) in [6.07, 6.45) is 2.18. The first-order chi connectivity index (χ1) is 31.9. The van der Waals surface area contributed by atoms with Gasteiger partial charge in [-0.25, -0.2) is 14.8 Å². The van der Waals surface area contributed by atoms with Gasteiger partial charge in [0.05, 0.1) is 42.6 Å². The molecule has 4 aromatic heterocycles. The van der Waals surface area contributed by atoms with Crippen LogP contribution in [0.2, 0.25) is 0 Å². The summed E-state index contributed by atoms with van der Waals surface area (Å²) in [5, 5.41) is 0. The Hall–Kier alpha value is -7.67. The van der Waals surface area contributed by atoms with Gasteiger partial charge in [0.15, 0.2) is 18.4 Å². The number of fused-ring (bicyclic) bond motifs is 8. The van der Waals surface area contributed by atoms with Crippen molar-refractivity contribution in [3.05, 3.63) is 108 Å². The third-order valence-electron chi connectivity index (χ3n) is 11.6. The number of nitrogens with zero attached hydrogens (tertiary/aromatic N) is 3. The van der Waals surface area contributed by atoms with Crippen LogP contribution in [0.3, 0.4) is 0 Å². The van der Waals surface area contributed by atoms with Crippen molar-refractivity contribution in [3.63, 3.8) is 0 Å². The van der Waals surface area contributed by atoms with E-state index in [1.807, 2.05) is 57.2 Å². The van der Waals surface area contributed by atoms with E-state index >= 15 is 0 Å². The summed E-state index contributed by atoms with van der Waals surface area (Å²) >= 11 is 0. The van der Waals surface area contributed by atoms with Crippen LogP contribution in [-0.4, -0.2) is 98.5 Å². The van der Waals surface area contributed by atoms with E-state index in [0.29, 0.717) is 46.7 Å². The van der Waals surface area contributed by atoms with Gasteiger partial charge in [-0.2, -0.15) is 0 Å². The third-order valence-corrected chi connectivity index (χ3v) is 11.6. The first kappa shape index (κ1) is 47.3. The van der Waals surface area contributed by atoms with Gasteiger partial charge in [-0.15, -0.1) is 0 Å². The number of ether oxygens (including phenoxy) is 6. The lowest BCUT2D eigenvalue weighted by molar-refractivity contribution is -0.166. The third kappa shape index (κ3) is 10.6. The van der Waals surface area contributed by atoms with E-state index in [4.69, 9.17) is 38.4 Å². The second-order valence-corrected chi connectivity index (χ2v) is 16.2. The zero-order valence-electron chi connectivity index (χ0n) is 38.2. The lowest BCUT2D eigenvalue weighted by atomic mass is 10.0. The Morgan fingerprint density at radius 3 is 2.10 bits per heavy atom. The number of carbonyl (C=O) groups is 5. The largest absolute Gasteiger partial charge is 0.469 e. The molecule has 350 valence electrons. The quantitative estimate of drug-likeness (QED) is 0.113. The Kier molecular flexibility index (Phi) is 14.0. The molecule has 1 fully saturated rings. The van der Waals surface area contributed by atoms with Crippen molar-refractivity contribution in [3.8, 4) is 0 Å². The molecule has 4 aromatic rings. The number of allylic oxidation sites excluding steroid dienone is 4. The topological polar surface area (TPSA) is 253 Å². The summed E-state index contributed by atoms with van der Waals surface area (Å²) < 4.78 is 33.1. The minimum atomic E-state index is -1.42. The Labute approximate surface area is 382 Å². The first-order valence-corrected chi connectivity index (χ1v) is 21.4. The molecule has 67 heavy (non-hydrogen) atoms. The highest BCUT2D eigenvalue weighted by atomic mass is 16.7. The molecule has 1 saturated heterocycles. The van der Waals surface area contributed by atoms with Crippen molar-refractivity contribution in [1.82, 2.24) is 29.5 Å². The van der Waals surface area contributed by atoms with E-state index in [-0.39, 0.29) is 30.3 Å². The lowest BCUT2D eigenvalue weighted by Gasteiger charge is -2.24. The van der Waals surface area contributed by atoms with Crippen LogP contribution in [0.5, 0.6) is 0 Å². The van der Waals surface area contributed by atoms with Crippen LogP contribution in [0.25, 0.3) is 50.9 Å². The van der Waals surface area contributed by atoms with E-state index in [1.165, 1.54) is 33.4 Å². The standard InChI is InChI=1S/C48H50N6O13/c1-23-15-31-17-32-16-29(10-13-42(58)62-7)38(50-32)20-40-34(12-14-43(59)63-8)25(3)37(52-40)19-36-24(2)33(39(51-36)18-35(23)49-31)11-9-30-21-54(48(61)53-46(30)60)47-45(66-28(6)57)44(65-27(5)56)41(67-47)22-64-26(4)55/h9,11,15-21,41,44-45,47,49,52H,10,12-14,22H2,1-8H3,(H,53,60,61)/b11-9+,31-17?,32-17?,35-18?,36-19?,37-19?,38-20?,39-18?,40-20?/t41-,44?,45?,47-/m1/s1. The maximum Gasteiger partial charge on any atom is 0.330 e. The van der Waals surface area contributed by atoms with Gasteiger partial charge < -0.3 is 38.4 Å². The molecular formula is C48H50N6O13. The van der Waals surface area contributed by atoms with Gasteiger partial charge in [0.2, 0.25) is 0 Å². The number of esters is 5. The molecule has 0 amide bonds. The first-order valence-electron chi connectivity index (χ1n) is 21.4. The summed E-state index contributed by atoms with van der Waals surface area (Å²) in [7, 11) is 2.69. The maximum absolute atomic E-state index is 13.4. The van der Waals surface area contributed by atoms with E-state index < -0.39 is 60.3 Å². The van der Waals surface area contributed by atoms with Gasteiger partial charge >= 0.3 is 35.5 Å². The molecule has 4 atom stereocenters. The van der Waals surface area contributed by atoms with Crippen LogP contribution in [0, 0.1) is 13.8 Å². The van der Waals surface area contributed by atoms with Crippen LogP contribution in [0.4, 0.5) is 0 Å². The molecule has 3 N–H and O–H groups in total. The number of carbonyl (C=O) groups excluding carboxylic acids is 5. The Bertz CT molecular complexity index is 3080. The van der Waals surface area contributed by atoms with Gasteiger partial charge in [-0.1, -0.05) is 6.08 Å². The predicted octanol–water partition coefficient (Wildman–Crippen LogP) is 5.35. The fourth-order valence-corrected chi connectivity index (χ4v) is 8.19. The number of aryl methyl sites for hydroxylation is 3. The van der Waals surface area contributed by atoms with Crippen molar-refractivity contribution in [2.24, 2.45) is 0 Å². The summed E-state index contributed by atoms with van der Waals surface area (Å²) in [6.45, 7) is 8.83. The number of hydrogen-bond acceptors (Lipinski definition) is 15. The number of H-pyrrole nitrogens is 3. The summed E-state index contributed by atoms with van der Waals surface area (Å²) in [4.78, 5) is 107. The Morgan fingerprint density at radius 1 is 0.746 bits per heavy atom. The molecule has 2 unspecified atom stereocenters. The molecule has 7 rings (SSSR count). The molecule has 0 radical (unpaired) electrons. The van der Waals surface area contributed by atoms with E-state index in [9.17, 15) is 33.6 Å². The molecule has 0 aromatic carbocycles. The molecule has 0 saturated carbocycles. The van der Waals surface area contributed by atoms with Gasteiger partial charge in [0.25, 0.3) is 5.56 Å². The van der Waals surface area contributed by atoms with Crippen LogP contribution in [-0.2, 0) is 58.8 Å². The molecular weight excluding hydrogens is 869 g/mol. The average molecular weight is 919 g/mol. The van der Waals surface area contributed by atoms with E-state index in [2.05, 4.69) is 15.0 Å². The van der Waals surface area contributed by atoms with Crippen LogP contribution in [0.15, 0.2) is 52.2 Å². The van der Waals surface area contributed by atoms with Crippen molar-refractivity contribution in [2.75, 3.05) is 20.8 Å². The van der Waals surface area contributed by atoms with Crippen LogP contribution >= 0.6 is 0 Å². The number of aromatic nitrogens is 6. The van der Waals surface area contributed by atoms with Crippen molar-refractivity contribution >= 4 is 80.8 Å². The minimum absolute atomic E-state index is 0.00337. The molecule has 0 spiro atoms. The smallest absolute Gasteiger partial charge is 0.330 e. The zero-order chi connectivity index (χ0) is 48.3. The highest BCUT2D eigenvalue weighted by molar-refractivity contribution is 5.99. The van der Waals surface area contributed by atoms with Gasteiger partial charge in [-0.05, 0) is 104 Å². The normalized spacial score (nSPS) is 17.9. The molecule has 3 aliphatic heterocycles. The molecule has 19 heteroatoms. The minimum Gasteiger partial charge on any atom is -0.469 e. The zero-order valence-corrected chi connectivity index (χ0v) is 38.2. The number of rotatable bonds is 13. The molecule has 7 heterocycles. The Morgan fingerprint density at radius 2 is 1.42 bits per heavy atom. The number of hydrogen-bond donors (Lipinski definition) is 3. The highest BCUT2D eigenvalue weighted by Crippen LogP contribution is 2.36. The van der Waals surface area contributed by atoms with Crippen LogP contribution < -0.4 is 11.2 Å². The number of methoxy groups -OCH3 is 2. The maximum atomic E-state index is 13.4. The van der Waals surface area contributed by atoms with Crippen LogP contribution in [0.1, 0.15) is 98.2 Å². The van der Waals surface area contributed by atoms with Gasteiger partial charge in [0.1, 0.15) is 12.7 Å². The fourth-order valence-electron chi connectivity index (χ4n) is 8.19. The van der Waals surface area contributed by atoms with Crippen molar-refractivity contribution < 1.29 is 52.4 Å². The van der Waals surface area contributed by atoms with E-state index in [0.717, 1.165) is 62.8 Å². The van der Waals surface area contributed by atoms with Gasteiger partial charge in [0, 0.05) is 67.4 Å². The molecule has 19 nitrogen and oxygen atoms in total. The predicted molar refractivity (Wildman–Crippen MR) is 244 cm³/mol. The average Bonchev–Trinajstić information content (AvgIpc) is 4.05. The lowest BCUT2D eigenvalue weighted by Crippen LogP contribution is -2.42.